The SMILES string of the molecule is COc1cccc(-n2cc(C(F)(F)F)cn2)c1C(C)N. The Morgan fingerprint density at radius 2 is 2.05 bits per heavy atom. The first-order chi connectivity index (χ1) is 9.34. The average molecular weight is 285 g/mol. The molecule has 0 bridgehead atoms. The Morgan fingerprint density at radius 1 is 1.35 bits per heavy atom. The molecular weight excluding hydrogens is 271 g/mol. The van der Waals surface area contributed by atoms with Gasteiger partial charge in [0.25, 0.3) is 0 Å². The van der Waals surface area contributed by atoms with Gasteiger partial charge in [-0.1, -0.05) is 6.07 Å². The van der Waals surface area contributed by atoms with Crippen LogP contribution in [0, 0.1) is 0 Å². The van der Waals surface area contributed by atoms with Crippen molar-refractivity contribution in [3.8, 4) is 11.4 Å². The Morgan fingerprint density at radius 3 is 2.55 bits per heavy atom. The fourth-order valence-corrected chi connectivity index (χ4v) is 1.97. The molecule has 4 nitrogen and oxygen atoms in total. The first-order valence-electron chi connectivity index (χ1n) is 5.89. The van der Waals surface area contributed by atoms with Gasteiger partial charge in [0.1, 0.15) is 5.75 Å². The molecule has 0 radical (unpaired) electrons. The van der Waals surface area contributed by atoms with E-state index >= 15 is 0 Å². The van der Waals surface area contributed by atoms with E-state index in [2.05, 4.69) is 5.10 Å². The molecule has 1 aromatic carbocycles. The van der Waals surface area contributed by atoms with E-state index < -0.39 is 17.8 Å². The van der Waals surface area contributed by atoms with Crippen LogP contribution in [0.1, 0.15) is 24.1 Å². The van der Waals surface area contributed by atoms with Crippen LogP contribution >= 0.6 is 0 Å². The molecule has 0 saturated heterocycles. The summed E-state index contributed by atoms with van der Waals surface area (Å²) in [7, 11) is 1.48. The Kier molecular flexibility index (Phi) is 3.71. The second kappa shape index (κ2) is 5.16. The molecule has 2 N–H and O–H groups in total. The number of nitrogens with two attached hydrogens (primary N) is 1. The van der Waals surface area contributed by atoms with E-state index in [0.29, 0.717) is 17.0 Å². The van der Waals surface area contributed by atoms with Crippen molar-refractivity contribution in [2.75, 3.05) is 7.11 Å². The summed E-state index contributed by atoms with van der Waals surface area (Å²) in [6.07, 6.45) is -2.71. The van der Waals surface area contributed by atoms with Crippen LogP contribution in [0.25, 0.3) is 5.69 Å². The highest BCUT2D eigenvalue weighted by Crippen LogP contribution is 2.32. The molecule has 0 saturated carbocycles. The van der Waals surface area contributed by atoms with Gasteiger partial charge in [-0.3, -0.25) is 0 Å². The van der Waals surface area contributed by atoms with Crippen LogP contribution in [0.3, 0.4) is 0 Å². The zero-order valence-corrected chi connectivity index (χ0v) is 11.0. The summed E-state index contributed by atoms with van der Waals surface area (Å²) in [6, 6.07) is 4.62. The number of methoxy groups -OCH3 is 1. The van der Waals surface area contributed by atoms with Gasteiger partial charge in [-0.05, 0) is 19.1 Å². The monoisotopic (exact) mass is 285 g/mol. The Labute approximate surface area is 114 Å². The summed E-state index contributed by atoms with van der Waals surface area (Å²) in [5, 5.41) is 3.76. The summed E-state index contributed by atoms with van der Waals surface area (Å²) >= 11 is 0. The van der Waals surface area contributed by atoms with Crippen LogP contribution < -0.4 is 10.5 Å². The number of rotatable bonds is 3. The van der Waals surface area contributed by atoms with Crippen LogP contribution in [-0.2, 0) is 6.18 Å². The summed E-state index contributed by atoms with van der Waals surface area (Å²) in [5.41, 5.74) is 6.14. The van der Waals surface area contributed by atoms with Gasteiger partial charge in [0.05, 0.1) is 24.6 Å². The minimum atomic E-state index is -4.42. The molecule has 0 aliphatic rings. The van der Waals surface area contributed by atoms with Crippen LogP contribution in [0.15, 0.2) is 30.6 Å². The number of nitrogens with zero attached hydrogens (tertiary/aromatic N) is 2. The maximum atomic E-state index is 12.6. The number of aromatic nitrogens is 2. The molecule has 20 heavy (non-hydrogen) atoms. The minimum Gasteiger partial charge on any atom is -0.496 e. The van der Waals surface area contributed by atoms with Gasteiger partial charge in [0.15, 0.2) is 0 Å². The highest BCUT2D eigenvalue weighted by molar-refractivity contribution is 5.51. The van der Waals surface area contributed by atoms with Crippen LogP contribution in [0.4, 0.5) is 13.2 Å². The zero-order chi connectivity index (χ0) is 14.9. The van der Waals surface area contributed by atoms with Crippen molar-refractivity contribution in [1.29, 1.82) is 0 Å². The summed E-state index contributed by atoms with van der Waals surface area (Å²) in [5.74, 6) is 0.515. The fourth-order valence-electron chi connectivity index (χ4n) is 1.97. The summed E-state index contributed by atoms with van der Waals surface area (Å²) in [6.45, 7) is 1.73. The lowest BCUT2D eigenvalue weighted by Gasteiger charge is -2.16. The maximum absolute atomic E-state index is 12.6. The lowest BCUT2D eigenvalue weighted by Crippen LogP contribution is -2.12. The molecule has 1 unspecified atom stereocenters. The normalized spacial score (nSPS) is 13.3. The van der Waals surface area contributed by atoms with Gasteiger partial charge in [0.2, 0.25) is 0 Å². The lowest BCUT2D eigenvalue weighted by molar-refractivity contribution is -0.137. The van der Waals surface area contributed by atoms with E-state index in [9.17, 15) is 13.2 Å². The third-order valence-corrected chi connectivity index (χ3v) is 2.88. The van der Waals surface area contributed by atoms with E-state index in [4.69, 9.17) is 10.5 Å². The molecule has 0 spiro atoms. The molecule has 2 aromatic rings. The molecule has 0 aliphatic heterocycles. The largest absolute Gasteiger partial charge is 0.496 e. The van der Waals surface area contributed by atoms with Crippen LogP contribution in [0.5, 0.6) is 5.75 Å². The fraction of sp³-hybridized carbons (Fsp3) is 0.308. The Balaban J connectivity index is 2.55. The number of hydrogen-bond acceptors (Lipinski definition) is 3. The predicted molar refractivity (Wildman–Crippen MR) is 67.7 cm³/mol. The van der Waals surface area contributed by atoms with Crippen molar-refractivity contribution in [1.82, 2.24) is 9.78 Å². The van der Waals surface area contributed by atoms with Crippen molar-refractivity contribution in [2.24, 2.45) is 5.73 Å². The molecule has 1 heterocycles. The number of alkyl halides is 3. The van der Waals surface area contributed by atoms with Crippen molar-refractivity contribution in [3.63, 3.8) is 0 Å². The van der Waals surface area contributed by atoms with Gasteiger partial charge in [-0.25, -0.2) is 4.68 Å². The Hall–Kier alpha value is -2.02. The zero-order valence-electron chi connectivity index (χ0n) is 11.0. The molecule has 108 valence electrons. The third-order valence-electron chi connectivity index (χ3n) is 2.88. The summed E-state index contributed by atoms with van der Waals surface area (Å²) < 4.78 is 44.2. The van der Waals surface area contributed by atoms with E-state index in [1.54, 1.807) is 25.1 Å². The smallest absolute Gasteiger partial charge is 0.419 e. The standard InChI is InChI=1S/C13H14F3N3O/c1-8(17)12-10(4-3-5-11(12)20-2)19-7-9(6-18-19)13(14,15)16/h3-8H,17H2,1-2H3. The van der Waals surface area contributed by atoms with E-state index in [1.807, 2.05) is 0 Å². The van der Waals surface area contributed by atoms with E-state index in [0.717, 1.165) is 17.1 Å². The second-order valence-electron chi connectivity index (χ2n) is 4.35. The maximum Gasteiger partial charge on any atom is 0.419 e. The van der Waals surface area contributed by atoms with Crippen LogP contribution in [0.2, 0.25) is 0 Å². The highest BCUT2D eigenvalue weighted by Gasteiger charge is 2.32. The van der Waals surface area contributed by atoms with E-state index in [-0.39, 0.29) is 0 Å². The first kappa shape index (κ1) is 14.4. The molecular formula is C13H14F3N3O. The average Bonchev–Trinajstić information content (AvgIpc) is 2.86. The van der Waals surface area contributed by atoms with Crippen molar-refractivity contribution < 1.29 is 17.9 Å². The van der Waals surface area contributed by atoms with Gasteiger partial charge in [-0.15, -0.1) is 0 Å². The van der Waals surface area contributed by atoms with Gasteiger partial charge in [0, 0.05) is 17.8 Å². The first-order valence-corrected chi connectivity index (χ1v) is 5.89. The number of ether oxygens (including phenoxy) is 1. The molecule has 0 fully saturated rings. The molecule has 1 atom stereocenters. The number of halogens is 3. The van der Waals surface area contributed by atoms with Gasteiger partial charge >= 0.3 is 6.18 Å². The summed E-state index contributed by atoms with van der Waals surface area (Å²) in [4.78, 5) is 0. The van der Waals surface area contributed by atoms with Crippen molar-refractivity contribution in [2.45, 2.75) is 19.1 Å². The minimum absolute atomic E-state index is 0.403. The molecule has 1 aromatic heterocycles. The molecule has 2 rings (SSSR count). The van der Waals surface area contributed by atoms with Crippen molar-refractivity contribution in [3.05, 3.63) is 41.7 Å². The topological polar surface area (TPSA) is 53.1 Å². The predicted octanol–water partition coefficient (Wildman–Crippen LogP) is 2.92. The number of benzene rings is 1. The molecule has 7 heteroatoms. The Bertz CT molecular complexity index is 605. The lowest BCUT2D eigenvalue weighted by atomic mass is 10.1. The van der Waals surface area contributed by atoms with Gasteiger partial charge < -0.3 is 10.5 Å². The van der Waals surface area contributed by atoms with Gasteiger partial charge in [-0.2, -0.15) is 18.3 Å². The molecule has 0 amide bonds. The quantitative estimate of drug-likeness (QED) is 0.943. The highest BCUT2D eigenvalue weighted by atomic mass is 19.4. The van der Waals surface area contributed by atoms with E-state index in [1.165, 1.54) is 7.11 Å². The second-order valence-corrected chi connectivity index (χ2v) is 4.35. The molecule has 0 aliphatic carbocycles. The van der Waals surface area contributed by atoms with Crippen molar-refractivity contribution >= 4 is 0 Å². The third kappa shape index (κ3) is 2.62. The number of hydrogen-bond donors (Lipinski definition) is 1. The van der Waals surface area contributed by atoms with Crippen LogP contribution in [-0.4, -0.2) is 16.9 Å².